The van der Waals surface area contributed by atoms with Crippen molar-refractivity contribution in [3.8, 4) is 0 Å². The average Bonchev–Trinajstić information content (AvgIpc) is 2.77. The molecule has 1 saturated carbocycles. The van der Waals surface area contributed by atoms with E-state index >= 15 is 0 Å². The van der Waals surface area contributed by atoms with Crippen LogP contribution >= 0.6 is 11.3 Å². The molecule has 1 N–H and O–H groups in total. The van der Waals surface area contributed by atoms with Gasteiger partial charge in [0.2, 0.25) is 0 Å². The van der Waals surface area contributed by atoms with Crippen LogP contribution in [0.3, 0.4) is 0 Å². The largest absolute Gasteiger partial charge is 0.309 e. The molecule has 1 aromatic heterocycles. The Labute approximate surface area is 90.5 Å². The van der Waals surface area contributed by atoms with Crippen LogP contribution in [-0.2, 0) is 6.54 Å². The van der Waals surface area contributed by atoms with Gasteiger partial charge in [0.1, 0.15) is 0 Å². The van der Waals surface area contributed by atoms with E-state index in [0.29, 0.717) is 0 Å². The number of hydrogen-bond acceptors (Lipinski definition) is 2. The first kappa shape index (κ1) is 10.2. The summed E-state index contributed by atoms with van der Waals surface area (Å²) in [5, 5.41) is 5.83. The molecule has 0 spiro atoms. The first-order chi connectivity index (χ1) is 6.77. The fourth-order valence-electron chi connectivity index (χ4n) is 2.30. The highest BCUT2D eigenvalue weighted by Gasteiger charge is 2.28. The molecule has 1 aromatic rings. The minimum Gasteiger partial charge on any atom is -0.309 e. The van der Waals surface area contributed by atoms with Crippen LogP contribution in [0.25, 0.3) is 0 Å². The SMILES string of the molecule is CC1CCC(NCc2cccs2)C1C. The molecule has 1 nitrogen and oxygen atoms in total. The first-order valence-electron chi connectivity index (χ1n) is 5.53. The third kappa shape index (κ3) is 2.18. The summed E-state index contributed by atoms with van der Waals surface area (Å²) < 4.78 is 0. The predicted octanol–water partition coefficient (Wildman–Crippen LogP) is 3.27. The Hall–Kier alpha value is -0.340. The Bertz CT molecular complexity index is 268. The summed E-state index contributed by atoms with van der Waals surface area (Å²) in [5.74, 6) is 1.74. The van der Waals surface area contributed by atoms with Crippen LogP contribution in [0.4, 0.5) is 0 Å². The summed E-state index contributed by atoms with van der Waals surface area (Å²) in [7, 11) is 0. The topological polar surface area (TPSA) is 12.0 Å². The van der Waals surface area contributed by atoms with Crippen molar-refractivity contribution >= 4 is 11.3 Å². The summed E-state index contributed by atoms with van der Waals surface area (Å²) in [6.07, 6.45) is 2.75. The maximum atomic E-state index is 3.67. The lowest BCUT2D eigenvalue weighted by Crippen LogP contribution is -2.31. The summed E-state index contributed by atoms with van der Waals surface area (Å²) in [6, 6.07) is 5.08. The fraction of sp³-hybridized carbons (Fsp3) is 0.667. The smallest absolute Gasteiger partial charge is 0.0302 e. The van der Waals surface area contributed by atoms with Gasteiger partial charge in [-0.1, -0.05) is 19.9 Å². The van der Waals surface area contributed by atoms with E-state index in [9.17, 15) is 0 Å². The molecule has 0 saturated heterocycles. The molecule has 78 valence electrons. The van der Waals surface area contributed by atoms with Crippen molar-refractivity contribution in [2.45, 2.75) is 39.3 Å². The highest BCUT2D eigenvalue weighted by Crippen LogP contribution is 2.31. The van der Waals surface area contributed by atoms with Gasteiger partial charge in [-0.3, -0.25) is 0 Å². The molecule has 0 aromatic carbocycles. The monoisotopic (exact) mass is 209 g/mol. The lowest BCUT2D eigenvalue weighted by atomic mass is 9.98. The Morgan fingerprint density at radius 2 is 2.29 bits per heavy atom. The molecule has 14 heavy (non-hydrogen) atoms. The van der Waals surface area contributed by atoms with Crippen LogP contribution < -0.4 is 5.32 Å². The molecule has 3 atom stereocenters. The van der Waals surface area contributed by atoms with E-state index in [2.05, 4.69) is 36.7 Å². The van der Waals surface area contributed by atoms with Gasteiger partial charge >= 0.3 is 0 Å². The fourth-order valence-corrected chi connectivity index (χ4v) is 2.95. The van der Waals surface area contributed by atoms with Gasteiger partial charge in [0.25, 0.3) is 0 Å². The predicted molar refractivity (Wildman–Crippen MR) is 62.5 cm³/mol. The standard InChI is InChI=1S/C12H19NS/c1-9-5-6-12(10(9)2)13-8-11-4-3-7-14-11/h3-4,7,9-10,12-13H,5-6,8H2,1-2H3. The van der Waals surface area contributed by atoms with Gasteiger partial charge in [0, 0.05) is 17.5 Å². The Kier molecular flexibility index (Phi) is 3.24. The minimum absolute atomic E-state index is 0.743. The molecular formula is C12H19NS. The molecule has 0 amide bonds. The summed E-state index contributed by atoms with van der Waals surface area (Å²) in [6.45, 7) is 5.81. The normalized spacial score (nSPS) is 32.3. The van der Waals surface area contributed by atoms with Crippen LogP contribution in [0, 0.1) is 11.8 Å². The van der Waals surface area contributed by atoms with Crippen molar-refractivity contribution in [1.82, 2.24) is 5.32 Å². The van der Waals surface area contributed by atoms with Crippen molar-refractivity contribution < 1.29 is 0 Å². The molecule has 0 bridgehead atoms. The van der Waals surface area contributed by atoms with Crippen molar-refractivity contribution in [3.63, 3.8) is 0 Å². The minimum atomic E-state index is 0.743. The molecule has 1 aliphatic carbocycles. The Morgan fingerprint density at radius 1 is 1.43 bits per heavy atom. The molecule has 2 rings (SSSR count). The average molecular weight is 209 g/mol. The first-order valence-corrected chi connectivity index (χ1v) is 6.41. The zero-order valence-electron chi connectivity index (χ0n) is 8.99. The van der Waals surface area contributed by atoms with Gasteiger partial charge in [0.15, 0.2) is 0 Å². The van der Waals surface area contributed by atoms with E-state index in [-0.39, 0.29) is 0 Å². The van der Waals surface area contributed by atoms with E-state index in [1.807, 2.05) is 11.3 Å². The van der Waals surface area contributed by atoms with Crippen molar-refractivity contribution in [2.24, 2.45) is 11.8 Å². The number of nitrogens with one attached hydrogen (secondary N) is 1. The molecule has 2 heteroatoms. The second-order valence-corrected chi connectivity index (χ2v) is 5.51. The summed E-state index contributed by atoms with van der Waals surface area (Å²) >= 11 is 1.85. The zero-order valence-corrected chi connectivity index (χ0v) is 9.81. The number of hydrogen-bond donors (Lipinski definition) is 1. The summed E-state index contributed by atoms with van der Waals surface area (Å²) in [5.41, 5.74) is 0. The lowest BCUT2D eigenvalue weighted by Gasteiger charge is -2.19. The maximum Gasteiger partial charge on any atom is 0.0302 e. The van der Waals surface area contributed by atoms with Crippen LogP contribution in [0.15, 0.2) is 17.5 Å². The van der Waals surface area contributed by atoms with Crippen molar-refractivity contribution in [2.75, 3.05) is 0 Å². The lowest BCUT2D eigenvalue weighted by molar-refractivity contribution is 0.370. The molecule has 3 unspecified atom stereocenters. The third-order valence-corrected chi connectivity index (χ3v) is 4.46. The second-order valence-electron chi connectivity index (χ2n) is 4.48. The summed E-state index contributed by atoms with van der Waals surface area (Å²) in [4.78, 5) is 1.46. The number of rotatable bonds is 3. The van der Waals surface area contributed by atoms with Gasteiger partial charge in [-0.05, 0) is 36.1 Å². The van der Waals surface area contributed by atoms with Gasteiger partial charge in [0.05, 0.1) is 0 Å². The molecule has 1 heterocycles. The van der Waals surface area contributed by atoms with E-state index in [1.54, 1.807) is 0 Å². The highest BCUT2D eigenvalue weighted by molar-refractivity contribution is 7.09. The van der Waals surface area contributed by atoms with Gasteiger partial charge in [-0.2, -0.15) is 0 Å². The van der Waals surface area contributed by atoms with E-state index in [4.69, 9.17) is 0 Å². The Balaban J connectivity index is 1.81. The molecular weight excluding hydrogens is 190 g/mol. The molecule has 1 fully saturated rings. The van der Waals surface area contributed by atoms with E-state index < -0.39 is 0 Å². The van der Waals surface area contributed by atoms with Crippen molar-refractivity contribution in [3.05, 3.63) is 22.4 Å². The second kappa shape index (κ2) is 4.45. The van der Waals surface area contributed by atoms with Gasteiger partial charge in [-0.25, -0.2) is 0 Å². The van der Waals surface area contributed by atoms with E-state index in [1.165, 1.54) is 17.7 Å². The van der Waals surface area contributed by atoms with Crippen LogP contribution in [0.2, 0.25) is 0 Å². The van der Waals surface area contributed by atoms with E-state index in [0.717, 1.165) is 24.4 Å². The van der Waals surface area contributed by atoms with Crippen LogP contribution in [-0.4, -0.2) is 6.04 Å². The van der Waals surface area contributed by atoms with Crippen LogP contribution in [0.5, 0.6) is 0 Å². The Morgan fingerprint density at radius 3 is 2.86 bits per heavy atom. The zero-order chi connectivity index (χ0) is 9.97. The van der Waals surface area contributed by atoms with Crippen molar-refractivity contribution in [1.29, 1.82) is 0 Å². The quantitative estimate of drug-likeness (QED) is 0.805. The van der Waals surface area contributed by atoms with Gasteiger partial charge < -0.3 is 5.32 Å². The van der Waals surface area contributed by atoms with Crippen LogP contribution in [0.1, 0.15) is 31.6 Å². The molecule has 0 radical (unpaired) electrons. The highest BCUT2D eigenvalue weighted by atomic mass is 32.1. The third-order valence-electron chi connectivity index (χ3n) is 3.58. The maximum absolute atomic E-state index is 3.67. The van der Waals surface area contributed by atoms with Gasteiger partial charge in [-0.15, -0.1) is 11.3 Å². The number of thiophene rings is 1. The molecule has 1 aliphatic rings. The molecule has 0 aliphatic heterocycles.